The Balaban J connectivity index is 1.53. The van der Waals surface area contributed by atoms with E-state index in [1.165, 1.54) is 0 Å². The van der Waals surface area contributed by atoms with Gasteiger partial charge < -0.3 is 9.47 Å². The molecule has 0 saturated heterocycles. The van der Waals surface area contributed by atoms with E-state index in [1.54, 1.807) is 24.4 Å². The molecular weight excluding hydrogens is 294 g/mol. The van der Waals surface area contributed by atoms with Crippen LogP contribution in [0.15, 0.2) is 47.7 Å². The summed E-state index contributed by atoms with van der Waals surface area (Å²) in [5.41, 5.74) is 4.84. The number of carbonyl (C=O) groups is 1. The molecule has 1 aromatic heterocycles. The lowest BCUT2D eigenvalue weighted by Crippen LogP contribution is -2.20. The zero-order valence-corrected chi connectivity index (χ0v) is 12.8. The number of pyridine rings is 1. The number of hydrogen-bond donors (Lipinski definition) is 1. The summed E-state index contributed by atoms with van der Waals surface area (Å²) in [5, 5.41) is 4.11. The first-order chi connectivity index (χ1) is 11.2. The van der Waals surface area contributed by atoms with Crippen LogP contribution in [-0.4, -0.2) is 23.4 Å². The van der Waals surface area contributed by atoms with Crippen LogP contribution in [0, 0.1) is 0 Å². The molecule has 1 N–H and O–H groups in total. The topological polar surface area (TPSA) is 72.8 Å². The molecule has 0 bridgehead atoms. The molecule has 0 radical (unpaired) electrons. The second-order valence-electron chi connectivity index (χ2n) is 5.19. The van der Waals surface area contributed by atoms with Crippen LogP contribution < -0.4 is 14.9 Å². The monoisotopic (exact) mass is 311 g/mol. The molecule has 1 aliphatic rings. The smallest absolute Gasteiger partial charge is 0.289 e. The van der Waals surface area contributed by atoms with Crippen molar-refractivity contribution < 1.29 is 14.3 Å². The second kappa shape index (κ2) is 6.91. The fraction of sp³-hybridized carbons (Fsp3) is 0.235. The number of hydrogen-bond acceptors (Lipinski definition) is 5. The third-order valence-electron chi connectivity index (χ3n) is 3.46. The SMILES string of the molecule is CC(CCc1ccc2c(c1)OCO2)=NNC(=O)c1ccccn1. The highest BCUT2D eigenvalue weighted by molar-refractivity contribution is 5.93. The minimum absolute atomic E-state index is 0.277. The van der Waals surface area contributed by atoms with Crippen LogP contribution in [-0.2, 0) is 6.42 Å². The molecule has 118 valence electrons. The highest BCUT2D eigenvalue weighted by atomic mass is 16.7. The second-order valence-corrected chi connectivity index (χ2v) is 5.19. The molecule has 6 nitrogen and oxygen atoms in total. The van der Waals surface area contributed by atoms with Gasteiger partial charge in [-0.05, 0) is 49.6 Å². The van der Waals surface area contributed by atoms with Crippen molar-refractivity contribution in [1.29, 1.82) is 0 Å². The number of aryl methyl sites for hydroxylation is 1. The lowest BCUT2D eigenvalue weighted by atomic mass is 10.1. The number of nitrogens with one attached hydrogen (secondary N) is 1. The van der Waals surface area contributed by atoms with Crippen LogP contribution in [0.25, 0.3) is 0 Å². The summed E-state index contributed by atoms with van der Waals surface area (Å²) in [6.07, 6.45) is 3.12. The summed E-state index contributed by atoms with van der Waals surface area (Å²) in [5.74, 6) is 1.25. The first-order valence-corrected chi connectivity index (χ1v) is 7.35. The van der Waals surface area contributed by atoms with Crippen LogP contribution in [0.1, 0.15) is 29.4 Å². The Labute approximate surface area is 134 Å². The Hall–Kier alpha value is -2.89. The third kappa shape index (κ3) is 3.85. The molecule has 3 rings (SSSR count). The van der Waals surface area contributed by atoms with E-state index in [2.05, 4.69) is 15.5 Å². The molecule has 0 aliphatic carbocycles. The van der Waals surface area contributed by atoms with Crippen molar-refractivity contribution in [3.63, 3.8) is 0 Å². The first kappa shape index (κ1) is 15.0. The van der Waals surface area contributed by atoms with E-state index in [0.717, 1.165) is 35.6 Å². The highest BCUT2D eigenvalue weighted by Crippen LogP contribution is 2.32. The molecule has 0 unspecified atom stereocenters. The molecule has 0 spiro atoms. The van der Waals surface area contributed by atoms with Gasteiger partial charge in [0, 0.05) is 11.9 Å². The number of fused-ring (bicyclic) bond motifs is 1. The van der Waals surface area contributed by atoms with Gasteiger partial charge in [0.25, 0.3) is 5.91 Å². The summed E-state index contributed by atoms with van der Waals surface area (Å²) in [7, 11) is 0. The lowest BCUT2D eigenvalue weighted by Gasteiger charge is -2.04. The number of carbonyl (C=O) groups excluding carboxylic acids is 1. The minimum Gasteiger partial charge on any atom is -0.454 e. The Morgan fingerprint density at radius 1 is 1.26 bits per heavy atom. The number of rotatable bonds is 5. The van der Waals surface area contributed by atoms with Gasteiger partial charge in [-0.15, -0.1) is 0 Å². The molecular formula is C17H17N3O3. The average molecular weight is 311 g/mol. The minimum atomic E-state index is -0.312. The average Bonchev–Trinajstić information content (AvgIpc) is 3.06. The van der Waals surface area contributed by atoms with Crippen molar-refractivity contribution in [3.8, 4) is 11.5 Å². The van der Waals surface area contributed by atoms with Crippen molar-refractivity contribution in [2.75, 3.05) is 6.79 Å². The number of nitrogens with zero attached hydrogens (tertiary/aromatic N) is 2. The van der Waals surface area contributed by atoms with Crippen LogP contribution in [0.3, 0.4) is 0 Å². The molecule has 2 heterocycles. The summed E-state index contributed by atoms with van der Waals surface area (Å²) in [4.78, 5) is 15.8. The van der Waals surface area contributed by atoms with Crippen molar-refractivity contribution in [2.24, 2.45) is 5.10 Å². The molecule has 6 heteroatoms. The molecule has 1 amide bonds. The number of amides is 1. The Kier molecular flexibility index (Phi) is 4.52. The van der Waals surface area contributed by atoms with Gasteiger partial charge in [0.2, 0.25) is 6.79 Å². The van der Waals surface area contributed by atoms with Crippen molar-refractivity contribution in [3.05, 3.63) is 53.9 Å². The first-order valence-electron chi connectivity index (χ1n) is 7.35. The summed E-state index contributed by atoms with van der Waals surface area (Å²) in [6, 6.07) is 11.1. The van der Waals surface area contributed by atoms with E-state index in [1.807, 2.05) is 25.1 Å². The fourth-order valence-corrected chi connectivity index (χ4v) is 2.18. The van der Waals surface area contributed by atoms with Crippen molar-refractivity contribution in [2.45, 2.75) is 19.8 Å². The Morgan fingerprint density at radius 2 is 2.13 bits per heavy atom. The molecule has 0 atom stereocenters. The highest BCUT2D eigenvalue weighted by Gasteiger charge is 2.13. The lowest BCUT2D eigenvalue weighted by molar-refractivity contribution is 0.0949. The maximum atomic E-state index is 11.8. The van der Waals surface area contributed by atoms with Gasteiger partial charge in [-0.2, -0.15) is 5.10 Å². The Bertz CT molecular complexity index is 729. The zero-order chi connectivity index (χ0) is 16.1. The standard InChI is InChI=1S/C17H17N3O3/c1-12(19-20-17(21)14-4-2-3-9-18-14)5-6-13-7-8-15-16(10-13)23-11-22-15/h2-4,7-10H,5-6,11H2,1H3,(H,20,21). The summed E-state index contributed by atoms with van der Waals surface area (Å²) < 4.78 is 10.6. The van der Waals surface area contributed by atoms with Crippen LogP contribution in [0.4, 0.5) is 0 Å². The Morgan fingerprint density at radius 3 is 2.96 bits per heavy atom. The van der Waals surface area contributed by atoms with Gasteiger partial charge in [-0.3, -0.25) is 9.78 Å². The predicted molar refractivity (Wildman–Crippen MR) is 85.7 cm³/mol. The van der Waals surface area contributed by atoms with Crippen LogP contribution >= 0.6 is 0 Å². The molecule has 1 aromatic carbocycles. The van der Waals surface area contributed by atoms with Gasteiger partial charge >= 0.3 is 0 Å². The predicted octanol–water partition coefficient (Wildman–Crippen LogP) is 2.55. The molecule has 0 fully saturated rings. The van der Waals surface area contributed by atoms with Gasteiger partial charge in [0.1, 0.15) is 5.69 Å². The van der Waals surface area contributed by atoms with Crippen LogP contribution in [0.2, 0.25) is 0 Å². The maximum Gasteiger partial charge on any atom is 0.289 e. The van der Waals surface area contributed by atoms with Crippen molar-refractivity contribution in [1.82, 2.24) is 10.4 Å². The molecule has 1 aliphatic heterocycles. The largest absolute Gasteiger partial charge is 0.454 e. The van der Waals surface area contributed by atoms with E-state index in [4.69, 9.17) is 9.47 Å². The molecule has 23 heavy (non-hydrogen) atoms. The normalized spacial score (nSPS) is 13.0. The molecule has 2 aromatic rings. The molecule has 0 saturated carbocycles. The number of aromatic nitrogens is 1. The van der Waals surface area contributed by atoms with Gasteiger partial charge in [0.15, 0.2) is 11.5 Å². The van der Waals surface area contributed by atoms with E-state index in [9.17, 15) is 4.79 Å². The summed E-state index contributed by atoms with van der Waals surface area (Å²) >= 11 is 0. The number of ether oxygens (including phenoxy) is 2. The van der Waals surface area contributed by atoms with Gasteiger partial charge in [0.05, 0.1) is 0 Å². The van der Waals surface area contributed by atoms with Crippen molar-refractivity contribution >= 4 is 11.6 Å². The maximum absolute atomic E-state index is 11.8. The summed E-state index contributed by atoms with van der Waals surface area (Å²) in [6.45, 7) is 2.16. The van der Waals surface area contributed by atoms with Crippen LogP contribution in [0.5, 0.6) is 11.5 Å². The van der Waals surface area contributed by atoms with E-state index in [-0.39, 0.29) is 12.7 Å². The zero-order valence-electron chi connectivity index (χ0n) is 12.8. The fourth-order valence-electron chi connectivity index (χ4n) is 2.18. The van der Waals surface area contributed by atoms with E-state index >= 15 is 0 Å². The van der Waals surface area contributed by atoms with E-state index in [0.29, 0.717) is 5.69 Å². The van der Waals surface area contributed by atoms with Gasteiger partial charge in [-0.1, -0.05) is 12.1 Å². The number of hydrazone groups is 1. The van der Waals surface area contributed by atoms with Gasteiger partial charge in [-0.25, -0.2) is 5.43 Å². The van der Waals surface area contributed by atoms with E-state index < -0.39 is 0 Å². The quantitative estimate of drug-likeness (QED) is 0.680. The number of benzene rings is 1. The third-order valence-corrected chi connectivity index (χ3v) is 3.46.